The Balaban J connectivity index is 1.64. The molecule has 0 saturated carbocycles. The van der Waals surface area contributed by atoms with Crippen LogP contribution in [-0.4, -0.2) is 47.6 Å². The number of carbonyl (C=O) groups is 3. The summed E-state index contributed by atoms with van der Waals surface area (Å²) in [4.78, 5) is 44.8. The number of aryl methyl sites for hydroxylation is 1. The molecule has 2 aromatic carbocycles. The summed E-state index contributed by atoms with van der Waals surface area (Å²) < 4.78 is 30.0. The fraction of sp³-hybridized carbons (Fsp3) is 0.185. The molecule has 1 aromatic heterocycles. The summed E-state index contributed by atoms with van der Waals surface area (Å²) in [6.45, 7) is 5.77. The highest BCUT2D eigenvalue weighted by atomic mass is 32.1. The van der Waals surface area contributed by atoms with E-state index in [4.69, 9.17) is 14.2 Å². The lowest BCUT2D eigenvalue weighted by molar-refractivity contribution is -0.132. The van der Waals surface area contributed by atoms with Crippen LogP contribution in [0.25, 0.3) is 5.76 Å². The van der Waals surface area contributed by atoms with Crippen molar-refractivity contribution in [1.82, 2.24) is 4.98 Å². The first kappa shape index (κ1) is 25.2. The lowest BCUT2D eigenvalue weighted by atomic mass is 9.95. The summed E-state index contributed by atoms with van der Waals surface area (Å²) in [5, 5.41) is 11.4. The van der Waals surface area contributed by atoms with Gasteiger partial charge in [0.1, 0.15) is 36.3 Å². The van der Waals surface area contributed by atoms with Crippen molar-refractivity contribution >= 4 is 39.9 Å². The quantitative estimate of drug-likeness (QED) is 0.163. The minimum absolute atomic E-state index is 0.0128. The average Bonchev–Trinajstić information content (AvgIpc) is 3.43. The summed E-state index contributed by atoms with van der Waals surface area (Å²) >= 11 is 0.869. The van der Waals surface area contributed by atoms with Gasteiger partial charge in [0.05, 0.1) is 17.3 Å². The number of aliphatic hydroxyl groups excluding tert-OH is 1. The summed E-state index contributed by atoms with van der Waals surface area (Å²) in [5.41, 5.74) is 0.657. The van der Waals surface area contributed by atoms with E-state index in [1.165, 1.54) is 36.4 Å². The Morgan fingerprint density at radius 3 is 2.63 bits per heavy atom. The molecule has 194 valence electrons. The van der Waals surface area contributed by atoms with E-state index in [-0.39, 0.29) is 27.8 Å². The van der Waals surface area contributed by atoms with Crippen LogP contribution < -0.4 is 14.4 Å². The Morgan fingerprint density at radius 2 is 1.92 bits per heavy atom. The molecule has 3 heterocycles. The monoisotopic (exact) mass is 536 g/mol. The average molecular weight is 537 g/mol. The molecule has 0 radical (unpaired) electrons. The predicted octanol–water partition coefficient (Wildman–Crippen LogP) is 4.33. The number of nitrogens with zero attached hydrogens (tertiary/aromatic N) is 2. The Morgan fingerprint density at radius 1 is 1.21 bits per heavy atom. The van der Waals surface area contributed by atoms with Gasteiger partial charge in [-0.2, -0.15) is 0 Å². The molecule has 3 aromatic rings. The normalized spacial score (nSPS) is 17.9. The molecule has 1 saturated heterocycles. The first-order valence-electron chi connectivity index (χ1n) is 11.5. The minimum atomic E-state index is -1.15. The maximum absolute atomic E-state index is 13.8. The van der Waals surface area contributed by atoms with E-state index in [0.717, 1.165) is 16.2 Å². The number of hydrogen-bond donors (Lipinski definition) is 1. The van der Waals surface area contributed by atoms with E-state index in [1.54, 1.807) is 19.1 Å². The molecule has 0 spiro atoms. The van der Waals surface area contributed by atoms with Gasteiger partial charge < -0.3 is 19.3 Å². The first-order chi connectivity index (χ1) is 18.3. The minimum Gasteiger partial charge on any atom is -0.507 e. The molecule has 9 nitrogen and oxygen atoms in total. The third-order valence-electron chi connectivity index (χ3n) is 5.95. The lowest BCUT2D eigenvalue weighted by Crippen LogP contribution is -2.29. The molecule has 0 aliphatic carbocycles. The molecule has 0 bridgehead atoms. The number of ketones is 1. The highest BCUT2D eigenvalue weighted by molar-refractivity contribution is 7.17. The third kappa shape index (κ3) is 4.41. The van der Waals surface area contributed by atoms with Crippen LogP contribution in [0.15, 0.2) is 60.7 Å². The van der Waals surface area contributed by atoms with Crippen molar-refractivity contribution in [2.24, 2.45) is 0 Å². The third-order valence-corrected chi connectivity index (χ3v) is 7.09. The fourth-order valence-corrected chi connectivity index (χ4v) is 5.20. The Bertz CT molecular complexity index is 1500. The van der Waals surface area contributed by atoms with E-state index in [9.17, 15) is 23.9 Å². The predicted molar refractivity (Wildman–Crippen MR) is 136 cm³/mol. The number of ether oxygens (including phenoxy) is 3. The number of Topliss-reactive ketones (excluding diaryl/α,β-unsaturated/α-hetero) is 1. The maximum atomic E-state index is 13.8. The van der Waals surface area contributed by atoms with Crippen molar-refractivity contribution in [1.29, 1.82) is 0 Å². The molecule has 1 unspecified atom stereocenters. The van der Waals surface area contributed by atoms with Crippen LogP contribution in [0.5, 0.6) is 11.5 Å². The van der Waals surface area contributed by atoms with Crippen LogP contribution in [-0.2, 0) is 14.3 Å². The van der Waals surface area contributed by atoms with Gasteiger partial charge in [0.2, 0.25) is 0 Å². The molecule has 2 aliphatic rings. The number of rotatable bonds is 6. The number of fused-ring (bicyclic) bond motifs is 1. The second kappa shape index (κ2) is 10.1. The van der Waals surface area contributed by atoms with Crippen molar-refractivity contribution in [3.63, 3.8) is 0 Å². The van der Waals surface area contributed by atoms with E-state index in [2.05, 4.69) is 11.6 Å². The summed E-state index contributed by atoms with van der Waals surface area (Å²) in [6.07, 6.45) is 1.42. The van der Waals surface area contributed by atoms with E-state index in [1.807, 2.05) is 0 Å². The maximum Gasteiger partial charge on any atom is 0.350 e. The summed E-state index contributed by atoms with van der Waals surface area (Å²) in [7, 11) is 0. The molecule has 1 amide bonds. The largest absolute Gasteiger partial charge is 0.507 e. The van der Waals surface area contributed by atoms with Crippen molar-refractivity contribution in [2.75, 3.05) is 24.7 Å². The van der Waals surface area contributed by atoms with Crippen LogP contribution in [0.2, 0.25) is 0 Å². The van der Waals surface area contributed by atoms with Crippen molar-refractivity contribution in [2.45, 2.75) is 13.0 Å². The topological polar surface area (TPSA) is 115 Å². The number of hydrogen-bond acceptors (Lipinski definition) is 9. The van der Waals surface area contributed by atoms with Crippen molar-refractivity contribution < 1.29 is 38.1 Å². The Kier molecular flexibility index (Phi) is 6.68. The molecule has 1 atom stereocenters. The number of thiazole rings is 1. The second-order valence-corrected chi connectivity index (χ2v) is 9.35. The first-order valence-corrected chi connectivity index (χ1v) is 12.3. The van der Waals surface area contributed by atoms with Gasteiger partial charge in [-0.05, 0) is 42.8 Å². The standard InChI is InChI=1S/C27H21FN2O7S/c1-3-10-37-26(34)24-14(2)29-27(38-24)30-21(15-4-7-17(28)8-5-15)20(23(32)25(30)33)22(31)16-6-9-18-19(13-16)36-12-11-35-18/h3-9,13,21,31H,1,10-12H2,2H3. The number of esters is 1. The van der Waals surface area contributed by atoms with Crippen LogP contribution >= 0.6 is 11.3 Å². The van der Waals surface area contributed by atoms with Gasteiger partial charge in [-0.15, -0.1) is 0 Å². The van der Waals surface area contributed by atoms with Crippen LogP contribution in [0, 0.1) is 12.7 Å². The molecule has 5 rings (SSSR count). The molecule has 11 heteroatoms. The highest BCUT2D eigenvalue weighted by Gasteiger charge is 2.48. The van der Waals surface area contributed by atoms with Crippen molar-refractivity contribution in [3.8, 4) is 11.5 Å². The molecule has 1 N–H and O–H groups in total. The second-order valence-electron chi connectivity index (χ2n) is 8.38. The van der Waals surface area contributed by atoms with Crippen LogP contribution in [0.3, 0.4) is 0 Å². The summed E-state index contributed by atoms with van der Waals surface area (Å²) in [5.74, 6) is -2.68. The zero-order valence-corrected chi connectivity index (χ0v) is 20.9. The van der Waals surface area contributed by atoms with Crippen LogP contribution in [0.1, 0.15) is 32.5 Å². The molecular formula is C27H21FN2O7S. The van der Waals surface area contributed by atoms with Crippen molar-refractivity contribution in [3.05, 3.63) is 88.2 Å². The van der Waals surface area contributed by atoms with E-state index < -0.39 is 35.3 Å². The lowest BCUT2D eigenvalue weighted by Gasteiger charge is -2.23. The zero-order valence-electron chi connectivity index (χ0n) is 20.1. The van der Waals surface area contributed by atoms with Crippen LogP contribution in [0.4, 0.5) is 9.52 Å². The van der Waals surface area contributed by atoms with E-state index in [0.29, 0.717) is 36.0 Å². The fourth-order valence-electron chi connectivity index (χ4n) is 4.21. The van der Waals surface area contributed by atoms with Gasteiger partial charge in [0.25, 0.3) is 5.78 Å². The Hall–Kier alpha value is -4.51. The number of amides is 1. The van der Waals surface area contributed by atoms with Gasteiger partial charge in [0.15, 0.2) is 16.6 Å². The molecule has 2 aliphatic heterocycles. The van der Waals surface area contributed by atoms with E-state index >= 15 is 0 Å². The number of aliphatic hydroxyl groups is 1. The number of benzene rings is 2. The number of aromatic nitrogens is 1. The SMILES string of the molecule is C=CCOC(=O)c1sc(N2C(=O)C(=O)C(=C(O)c3ccc4c(c3)OCCO4)C2c2ccc(F)cc2)nc1C. The van der Waals surface area contributed by atoms with Gasteiger partial charge in [-0.25, -0.2) is 14.2 Å². The van der Waals surface area contributed by atoms with Gasteiger partial charge >= 0.3 is 11.9 Å². The number of carbonyl (C=O) groups excluding carboxylic acids is 3. The number of anilines is 1. The summed E-state index contributed by atoms with van der Waals surface area (Å²) in [6, 6.07) is 8.70. The Labute approximate surface area is 220 Å². The zero-order chi connectivity index (χ0) is 27.0. The van der Waals surface area contributed by atoms with Gasteiger partial charge in [-0.1, -0.05) is 36.1 Å². The highest BCUT2D eigenvalue weighted by Crippen LogP contribution is 2.44. The molecule has 38 heavy (non-hydrogen) atoms. The molecule has 1 fully saturated rings. The van der Waals surface area contributed by atoms with Gasteiger partial charge in [-0.3, -0.25) is 14.5 Å². The number of halogens is 1. The van der Waals surface area contributed by atoms with Gasteiger partial charge in [0, 0.05) is 5.56 Å². The molecular weight excluding hydrogens is 515 g/mol. The smallest absolute Gasteiger partial charge is 0.350 e.